The molecule has 0 aromatic heterocycles. The van der Waals surface area contributed by atoms with Gasteiger partial charge in [-0.15, -0.1) is 0 Å². The average Bonchev–Trinajstić information content (AvgIpc) is 2.28. The van der Waals surface area contributed by atoms with Crippen LogP contribution < -0.4 is 10.5 Å². The third kappa shape index (κ3) is 1.35. The maximum atomic E-state index is 11.4. The van der Waals surface area contributed by atoms with Crippen molar-refractivity contribution in [2.75, 3.05) is 0 Å². The summed E-state index contributed by atoms with van der Waals surface area (Å²) < 4.78 is 5.61. The summed E-state index contributed by atoms with van der Waals surface area (Å²) >= 11 is 0. The molecule has 0 saturated heterocycles. The summed E-state index contributed by atoms with van der Waals surface area (Å²) in [7, 11) is 0. The number of allylic oxidation sites excluding steroid dienone is 1. The van der Waals surface area contributed by atoms with Crippen LogP contribution in [-0.4, -0.2) is 17.5 Å². The summed E-state index contributed by atoms with van der Waals surface area (Å²) in [6.45, 7) is 0. The van der Waals surface area contributed by atoms with Crippen molar-refractivity contribution in [3.63, 3.8) is 0 Å². The third-order valence-electron chi connectivity index (χ3n) is 2.68. The highest BCUT2D eigenvalue weighted by Crippen LogP contribution is 2.35. The number of carbonyl (C=O) groups excluding carboxylic acids is 1. The average molecular weight is 214 g/mol. The van der Waals surface area contributed by atoms with Gasteiger partial charge in [0.15, 0.2) is 17.3 Å². The first kappa shape index (κ1) is 9.30. The number of carbonyl (C=O) groups is 1. The molecular formula is C12H10N2O2. The minimum atomic E-state index is -0.489. The molecule has 1 unspecified atom stereocenters. The number of hydrogen-bond acceptors (Lipinski definition) is 4. The molecular weight excluding hydrogens is 204 g/mol. The van der Waals surface area contributed by atoms with E-state index in [9.17, 15) is 4.79 Å². The lowest BCUT2D eigenvalue weighted by molar-refractivity contribution is -0.115. The fourth-order valence-electron chi connectivity index (χ4n) is 1.82. The van der Waals surface area contributed by atoms with Gasteiger partial charge >= 0.3 is 0 Å². The molecule has 0 fully saturated rings. The van der Waals surface area contributed by atoms with Crippen molar-refractivity contribution in [1.29, 1.82) is 0 Å². The monoisotopic (exact) mass is 214 g/mol. The van der Waals surface area contributed by atoms with E-state index in [1.807, 2.05) is 24.3 Å². The van der Waals surface area contributed by atoms with Crippen LogP contribution >= 0.6 is 0 Å². The van der Waals surface area contributed by atoms with E-state index in [0.29, 0.717) is 17.9 Å². The largest absolute Gasteiger partial charge is 0.453 e. The van der Waals surface area contributed by atoms with Crippen LogP contribution in [0.25, 0.3) is 0 Å². The van der Waals surface area contributed by atoms with E-state index in [1.54, 1.807) is 0 Å². The molecule has 4 heteroatoms. The molecule has 0 bridgehead atoms. The van der Waals surface area contributed by atoms with Crippen LogP contribution in [0, 0.1) is 0 Å². The second-order valence-electron chi connectivity index (χ2n) is 3.85. The van der Waals surface area contributed by atoms with Gasteiger partial charge in [-0.3, -0.25) is 4.79 Å². The van der Waals surface area contributed by atoms with E-state index < -0.39 is 6.04 Å². The van der Waals surface area contributed by atoms with Gasteiger partial charge in [-0.1, -0.05) is 12.1 Å². The number of fused-ring (bicyclic) bond motifs is 2. The van der Waals surface area contributed by atoms with Crippen LogP contribution in [0.5, 0.6) is 5.75 Å². The highest BCUT2D eigenvalue weighted by atomic mass is 16.5. The van der Waals surface area contributed by atoms with Crippen LogP contribution in [0.2, 0.25) is 0 Å². The molecule has 1 aromatic carbocycles. The van der Waals surface area contributed by atoms with Crippen LogP contribution in [0.1, 0.15) is 6.42 Å². The lowest BCUT2D eigenvalue weighted by atomic mass is 9.97. The van der Waals surface area contributed by atoms with E-state index in [-0.39, 0.29) is 5.78 Å². The Kier molecular flexibility index (Phi) is 1.91. The number of para-hydroxylation sites is 2. The molecule has 16 heavy (non-hydrogen) atoms. The van der Waals surface area contributed by atoms with E-state index in [1.165, 1.54) is 6.08 Å². The molecule has 1 atom stereocenters. The van der Waals surface area contributed by atoms with Crippen LogP contribution in [-0.2, 0) is 4.79 Å². The van der Waals surface area contributed by atoms with Crippen LogP contribution in [0.4, 0.5) is 5.69 Å². The number of rotatable bonds is 0. The molecule has 1 aromatic rings. The van der Waals surface area contributed by atoms with Gasteiger partial charge in [0.25, 0.3) is 0 Å². The Morgan fingerprint density at radius 3 is 3.06 bits per heavy atom. The van der Waals surface area contributed by atoms with Crippen LogP contribution in [0.3, 0.4) is 0 Å². The molecule has 0 radical (unpaired) electrons. The molecule has 0 saturated carbocycles. The second kappa shape index (κ2) is 3.28. The van der Waals surface area contributed by atoms with E-state index in [0.717, 1.165) is 11.4 Å². The fraction of sp³-hybridized carbons (Fsp3) is 0.167. The summed E-state index contributed by atoms with van der Waals surface area (Å²) in [5.41, 5.74) is 7.22. The Balaban J connectivity index is 2.11. The van der Waals surface area contributed by atoms with Gasteiger partial charge in [0.2, 0.25) is 0 Å². The first-order valence-corrected chi connectivity index (χ1v) is 5.10. The Morgan fingerprint density at radius 1 is 1.38 bits per heavy atom. The smallest absolute Gasteiger partial charge is 0.176 e. The lowest BCUT2D eigenvalue weighted by Gasteiger charge is -2.24. The minimum Gasteiger partial charge on any atom is -0.453 e. The van der Waals surface area contributed by atoms with Crippen molar-refractivity contribution >= 4 is 17.2 Å². The summed E-state index contributed by atoms with van der Waals surface area (Å²) in [6.07, 6.45) is 1.88. The molecule has 2 N–H and O–H groups in total. The van der Waals surface area contributed by atoms with Gasteiger partial charge in [-0.2, -0.15) is 0 Å². The number of ketones is 1. The Morgan fingerprint density at radius 2 is 2.19 bits per heavy atom. The van der Waals surface area contributed by atoms with Gasteiger partial charge in [0.05, 0.1) is 11.8 Å². The number of aliphatic imine (C=N–C) groups is 1. The van der Waals surface area contributed by atoms with Crippen molar-refractivity contribution in [3.05, 3.63) is 36.1 Å². The van der Waals surface area contributed by atoms with Crippen molar-refractivity contribution < 1.29 is 9.53 Å². The van der Waals surface area contributed by atoms with Gasteiger partial charge < -0.3 is 10.5 Å². The second-order valence-corrected chi connectivity index (χ2v) is 3.85. The zero-order valence-electron chi connectivity index (χ0n) is 8.51. The summed E-state index contributed by atoms with van der Waals surface area (Å²) in [5, 5.41) is 0. The maximum Gasteiger partial charge on any atom is 0.176 e. The Bertz CT molecular complexity index is 532. The molecule has 1 aliphatic heterocycles. The van der Waals surface area contributed by atoms with E-state index in [2.05, 4.69) is 4.99 Å². The molecule has 1 aliphatic carbocycles. The number of hydrogen-bond donors (Lipinski definition) is 1. The van der Waals surface area contributed by atoms with Crippen LogP contribution in [0.15, 0.2) is 41.1 Å². The Labute approximate surface area is 92.4 Å². The highest BCUT2D eigenvalue weighted by Gasteiger charge is 2.28. The number of ether oxygens (including phenoxy) is 1. The summed E-state index contributed by atoms with van der Waals surface area (Å²) in [6, 6.07) is 6.98. The first-order valence-electron chi connectivity index (χ1n) is 5.10. The normalized spacial score (nSPS) is 22.6. The topological polar surface area (TPSA) is 64.7 Å². The third-order valence-corrected chi connectivity index (χ3v) is 2.68. The maximum absolute atomic E-state index is 11.4. The van der Waals surface area contributed by atoms with Crippen molar-refractivity contribution in [3.8, 4) is 5.75 Å². The molecule has 0 amide bonds. The molecule has 4 nitrogen and oxygen atoms in total. The Hall–Kier alpha value is -1.94. The van der Waals surface area contributed by atoms with Crippen molar-refractivity contribution in [2.24, 2.45) is 10.7 Å². The SMILES string of the molecule is NC1CC2=Nc3ccccc3OC2=CC1=O. The molecule has 3 rings (SSSR count). The zero-order valence-corrected chi connectivity index (χ0v) is 8.51. The van der Waals surface area contributed by atoms with Crippen molar-refractivity contribution in [1.82, 2.24) is 0 Å². The quantitative estimate of drug-likeness (QED) is 0.708. The molecule has 1 heterocycles. The van der Waals surface area contributed by atoms with E-state index in [4.69, 9.17) is 10.5 Å². The highest BCUT2D eigenvalue weighted by molar-refractivity contribution is 6.13. The summed E-state index contributed by atoms with van der Waals surface area (Å²) in [4.78, 5) is 15.9. The fourth-order valence-corrected chi connectivity index (χ4v) is 1.82. The number of nitrogens with two attached hydrogens (primary N) is 1. The van der Waals surface area contributed by atoms with Crippen molar-refractivity contribution in [2.45, 2.75) is 12.5 Å². The standard InChI is InChI=1S/C12H10N2O2/c13-7-5-9-12(6-10(7)15)16-11-4-2-1-3-8(11)14-9/h1-4,6-7H,5,13H2. The van der Waals surface area contributed by atoms with Gasteiger partial charge in [0, 0.05) is 12.5 Å². The molecule has 80 valence electrons. The predicted octanol–water partition coefficient (Wildman–Crippen LogP) is 1.34. The zero-order chi connectivity index (χ0) is 11.1. The lowest BCUT2D eigenvalue weighted by Crippen LogP contribution is -2.37. The van der Waals surface area contributed by atoms with Gasteiger partial charge in [-0.05, 0) is 12.1 Å². The van der Waals surface area contributed by atoms with Gasteiger partial charge in [-0.25, -0.2) is 4.99 Å². The molecule has 2 aliphatic rings. The minimum absolute atomic E-state index is 0.103. The molecule has 0 spiro atoms. The first-order chi connectivity index (χ1) is 7.74. The number of nitrogens with zero attached hydrogens (tertiary/aromatic N) is 1. The van der Waals surface area contributed by atoms with Gasteiger partial charge in [0.1, 0.15) is 5.69 Å². The predicted molar refractivity (Wildman–Crippen MR) is 59.8 cm³/mol. The van der Waals surface area contributed by atoms with E-state index >= 15 is 0 Å². The number of benzene rings is 1. The summed E-state index contributed by atoms with van der Waals surface area (Å²) in [5.74, 6) is 1.11.